The Morgan fingerprint density at radius 2 is 1.92 bits per heavy atom. The number of halogens is 3. The van der Waals surface area contributed by atoms with Crippen LogP contribution in [0, 0.1) is 0 Å². The quantitative estimate of drug-likeness (QED) is 0.769. The Hall–Kier alpha value is -3.23. The van der Waals surface area contributed by atoms with Crippen LogP contribution in [-0.2, 0) is 13.6 Å². The third-order valence-corrected chi connectivity index (χ3v) is 3.70. The lowest BCUT2D eigenvalue weighted by Crippen LogP contribution is -2.35. The molecule has 26 heavy (non-hydrogen) atoms. The molecule has 0 aliphatic rings. The van der Waals surface area contributed by atoms with Gasteiger partial charge in [0, 0.05) is 18.6 Å². The maximum atomic E-state index is 12.2. The van der Waals surface area contributed by atoms with Gasteiger partial charge in [-0.2, -0.15) is 5.10 Å². The maximum Gasteiger partial charge on any atom is 0.573 e. The number of benzene rings is 2. The molecule has 0 bridgehead atoms. The van der Waals surface area contributed by atoms with Crippen molar-refractivity contribution in [1.82, 2.24) is 9.78 Å². The van der Waals surface area contributed by atoms with Gasteiger partial charge in [-0.05, 0) is 29.8 Å². The van der Waals surface area contributed by atoms with E-state index in [9.17, 15) is 18.0 Å². The molecular formula is C17H15F3N4O2. The van der Waals surface area contributed by atoms with Crippen LogP contribution < -0.4 is 15.4 Å². The molecule has 2 aromatic carbocycles. The minimum Gasteiger partial charge on any atom is -0.406 e. The molecule has 136 valence electrons. The van der Waals surface area contributed by atoms with Crippen molar-refractivity contribution >= 4 is 22.6 Å². The third kappa shape index (κ3) is 3.88. The van der Waals surface area contributed by atoms with E-state index in [1.807, 2.05) is 0 Å². The van der Waals surface area contributed by atoms with Crippen molar-refractivity contribution in [2.45, 2.75) is 12.9 Å². The first-order valence-corrected chi connectivity index (χ1v) is 7.57. The number of primary amides is 1. The number of ether oxygens (including phenoxy) is 1. The summed E-state index contributed by atoms with van der Waals surface area (Å²) in [5.74, 6) is -0.332. The summed E-state index contributed by atoms with van der Waals surface area (Å²) in [5, 5.41) is 5.02. The molecule has 0 aliphatic carbocycles. The topological polar surface area (TPSA) is 73.4 Å². The van der Waals surface area contributed by atoms with Gasteiger partial charge >= 0.3 is 12.4 Å². The molecule has 0 atom stereocenters. The summed E-state index contributed by atoms with van der Waals surface area (Å²) in [7, 11) is 1.76. The van der Waals surface area contributed by atoms with E-state index in [4.69, 9.17) is 5.73 Å². The van der Waals surface area contributed by atoms with Crippen LogP contribution in [0.3, 0.4) is 0 Å². The Balaban J connectivity index is 1.88. The highest BCUT2D eigenvalue weighted by Gasteiger charge is 2.31. The van der Waals surface area contributed by atoms with Gasteiger partial charge in [-0.25, -0.2) is 4.79 Å². The lowest BCUT2D eigenvalue weighted by molar-refractivity contribution is -0.274. The van der Waals surface area contributed by atoms with E-state index in [2.05, 4.69) is 9.84 Å². The van der Waals surface area contributed by atoms with Crippen LogP contribution in [0.4, 0.5) is 23.7 Å². The number of alkyl halides is 3. The second-order valence-corrected chi connectivity index (χ2v) is 5.63. The molecule has 9 heteroatoms. The van der Waals surface area contributed by atoms with Crippen LogP contribution in [0.5, 0.6) is 5.75 Å². The minimum absolute atomic E-state index is 0.0929. The summed E-state index contributed by atoms with van der Waals surface area (Å²) in [6, 6.07) is 9.87. The molecule has 0 saturated heterocycles. The Morgan fingerprint density at radius 1 is 1.23 bits per heavy atom. The normalized spacial score (nSPS) is 11.5. The van der Waals surface area contributed by atoms with E-state index in [0.29, 0.717) is 16.8 Å². The highest BCUT2D eigenvalue weighted by molar-refractivity contribution is 6.01. The fraction of sp³-hybridized carbons (Fsp3) is 0.176. The second kappa shape index (κ2) is 6.58. The SMILES string of the molecule is Cn1cc2c(N(Cc3ccc(OC(F)(F)F)cc3)C(N)=O)cccc2n1. The van der Waals surface area contributed by atoms with Crippen molar-refractivity contribution in [3.8, 4) is 5.75 Å². The Kier molecular flexibility index (Phi) is 4.45. The molecule has 0 fully saturated rings. The summed E-state index contributed by atoms with van der Waals surface area (Å²) < 4.78 is 42.1. The number of hydrogen-bond donors (Lipinski definition) is 1. The number of nitrogens with zero attached hydrogens (tertiary/aromatic N) is 3. The molecule has 0 spiro atoms. The zero-order chi connectivity index (χ0) is 18.9. The Bertz CT molecular complexity index is 935. The molecule has 3 aromatic rings. The first-order valence-electron chi connectivity index (χ1n) is 7.57. The van der Waals surface area contributed by atoms with Crippen LogP contribution in [0.15, 0.2) is 48.7 Å². The first kappa shape index (κ1) is 17.6. The zero-order valence-corrected chi connectivity index (χ0v) is 13.7. The average Bonchev–Trinajstić information content (AvgIpc) is 2.92. The second-order valence-electron chi connectivity index (χ2n) is 5.63. The number of aromatic nitrogens is 2. The van der Waals surface area contributed by atoms with Gasteiger partial charge in [-0.15, -0.1) is 13.2 Å². The summed E-state index contributed by atoms with van der Waals surface area (Å²) in [6.07, 6.45) is -2.99. The van der Waals surface area contributed by atoms with Gasteiger partial charge < -0.3 is 10.5 Å². The number of fused-ring (bicyclic) bond motifs is 1. The number of hydrogen-bond acceptors (Lipinski definition) is 3. The van der Waals surface area contributed by atoms with Crippen LogP contribution in [0.25, 0.3) is 10.9 Å². The van der Waals surface area contributed by atoms with Crippen LogP contribution >= 0.6 is 0 Å². The van der Waals surface area contributed by atoms with Crippen LogP contribution in [-0.4, -0.2) is 22.2 Å². The largest absolute Gasteiger partial charge is 0.573 e. The standard InChI is InChI=1S/C17H15F3N4O2/c1-23-10-13-14(22-23)3-2-4-15(13)24(16(21)25)9-11-5-7-12(8-6-11)26-17(18,19)20/h2-8,10H,9H2,1H3,(H2,21,25). The number of anilines is 1. The van der Waals surface area contributed by atoms with Gasteiger partial charge in [-0.1, -0.05) is 18.2 Å². The molecule has 0 radical (unpaired) electrons. The monoisotopic (exact) mass is 364 g/mol. The molecular weight excluding hydrogens is 349 g/mol. The summed E-state index contributed by atoms with van der Waals surface area (Å²) in [5.41, 5.74) is 7.38. The van der Waals surface area contributed by atoms with Crippen molar-refractivity contribution in [3.05, 3.63) is 54.2 Å². The zero-order valence-electron chi connectivity index (χ0n) is 13.7. The van der Waals surface area contributed by atoms with E-state index in [0.717, 1.165) is 5.39 Å². The van der Waals surface area contributed by atoms with Gasteiger partial charge in [0.15, 0.2) is 0 Å². The summed E-state index contributed by atoms with van der Waals surface area (Å²) in [6.45, 7) is 0.0929. The van der Waals surface area contributed by atoms with Gasteiger partial charge in [0.25, 0.3) is 0 Å². The number of aryl methyl sites for hydroxylation is 1. The van der Waals surface area contributed by atoms with E-state index in [-0.39, 0.29) is 12.3 Å². The number of nitrogens with two attached hydrogens (primary N) is 1. The van der Waals surface area contributed by atoms with Crippen LogP contribution in [0.2, 0.25) is 0 Å². The van der Waals surface area contributed by atoms with Crippen molar-refractivity contribution in [1.29, 1.82) is 0 Å². The molecule has 0 unspecified atom stereocenters. The predicted molar refractivity (Wildman–Crippen MR) is 89.6 cm³/mol. The highest BCUT2D eigenvalue weighted by atomic mass is 19.4. The summed E-state index contributed by atoms with van der Waals surface area (Å²) in [4.78, 5) is 13.3. The molecule has 3 rings (SSSR count). The average molecular weight is 364 g/mol. The maximum absolute atomic E-state index is 12.2. The van der Waals surface area contributed by atoms with Crippen LogP contribution in [0.1, 0.15) is 5.56 Å². The lowest BCUT2D eigenvalue weighted by atomic mass is 10.1. The predicted octanol–water partition coefficient (Wildman–Crippen LogP) is 3.56. The number of urea groups is 1. The molecule has 2 N–H and O–H groups in total. The van der Waals surface area contributed by atoms with E-state index in [1.165, 1.54) is 29.2 Å². The van der Waals surface area contributed by atoms with Gasteiger partial charge in [0.1, 0.15) is 5.75 Å². The van der Waals surface area contributed by atoms with Gasteiger partial charge in [-0.3, -0.25) is 9.58 Å². The lowest BCUT2D eigenvalue weighted by Gasteiger charge is -2.21. The number of rotatable bonds is 4. The smallest absolute Gasteiger partial charge is 0.406 e. The van der Waals surface area contributed by atoms with Gasteiger partial charge in [0.05, 0.1) is 17.7 Å². The number of amides is 2. The van der Waals surface area contributed by atoms with E-state index in [1.54, 1.807) is 36.1 Å². The number of carbonyl (C=O) groups excluding carboxylic acids is 1. The molecule has 1 aromatic heterocycles. The highest BCUT2D eigenvalue weighted by Crippen LogP contribution is 2.28. The van der Waals surface area contributed by atoms with Crippen molar-refractivity contribution < 1.29 is 22.7 Å². The molecule has 2 amide bonds. The first-order chi connectivity index (χ1) is 12.2. The molecule has 0 saturated carbocycles. The van der Waals surface area contributed by atoms with Crippen molar-refractivity contribution in [2.75, 3.05) is 4.90 Å². The Morgan fingerprint density at radius 3 is 2.54 bits per heavy atom. The molecule has 0 aliphatic heterocycles. The summed E-state index contributed by atoms with van der Waals surface area (Å²) >= 11 is 0. The van der Waals surface area contributed by atoms with Gasteiger partial charge in [0.2, 0.25) is 0 Å². The molecule has 6 nitrogen and oxygen atoms in total. The van der Waals surface area contributed by atoms with E-state index < -0.39 is 12.4 Å². The van der Waals surface area contributed by atoms with Crippen molar-refractivity contribution in [2.24, 2.45) is 12.8 Å². The number of carbonyl (C=O) groups is 1. The Labute approximate surface area is 146 Å². The van der Waals surface area contributed by atoms with Crippen molar-refractivity contribution in [3.63, 3.8) is 0 Å². The molecule has 1 heterocycles. The minimum atomic E-state index is -4.75. The fourth-order valence-electron chi connectivity index (χ4n) is 2.64. The third-order valence-electron chi connectivity index (χ3n) is 3.70. The fourth-order valence-corrected chi connectivity index (χ4v) is 2.64. The van der Waals surface area contributed by atoms with E-state index >= 15 is 0 Å².